The highest BCUT2D eigenvalue weighted by Gasteiger charge is 2.12. The number of amides is 1. The van der Waals surface area contributed by atoms with E-state index in [1.54, 1.807) is 30.3 Å². The lowest BCUT2D eigenvalue weighted by atomic mass is 10.1. The molecule has 4 heteroatoms. The quantitative estimate of drug-likeness (QED) is 0.819. The number of halogens is 1. The summed E-state index contributed by atoms with van der Waals surface area (Å²) in [5.74, 6) is -0.185. The standard InChI is InChI=1S/C15H15ClN2O/c1-9-11(5-3-7-13(9)17)15(19)18-14-8-4-6-12(16)10(14)2/h3-8H,17H2,1-2H3,(H,18,19). The van der Waals surface area contributed by atoms with Gasteiger partial charge in [-0.3, -0.25) is 4.79 Å². The minimum atomic E-state index is -0.185. The predicted molar refractivity (Wildman–Crippen MR) is 79.7 cm³/mol. The number of hydrogen-bond acceptors (Lipinski definition) is 2. The fourth-order valence-corrected chi connectivity index (χ4v) is 2.01. The molecule has 2 aromatic carbocycles. The van der Waals surface area contributed by atoms with Gasteiger partial charge in [0.2, 0.25) is 0 Å². The van der Waals surface area contributed by atoms with Gasteiger partial charge in [0.15, 0.2) is 0 Å². The maximum Gasteiger partial charge on any atom is 0.256 e. The maximum atomic E-state index is 12.2. The summed E-state index contributed by atoms with van der Waals surface area (Å²) in [6.45, 7) is 3.69. The Balaban J connectivity index is 2.31. The van der Waals surface area contributed by atoms with Gasteiger partial charge in [-0.05, 0) is 49.2 Å². The van der Waals surface area contributed by atoms with Crippen LogP contribution in [-0.4, -0.2) is 5.91 Å². The molecule has 3 nitrogen and oxygen atoms in total. The van der Waals surface area contributed by atoms with Gasteiger partial charge < -0.3 is 11.1 Å². The van der Waals surface area contributed by atoms with Crippen molar-refractivity contribution < 1.29 is 4.79 Å². The summed E-state index contributed by atoms with van der Waals surface area (Å²) in [4.78, 5) is 12.2. The molecule has 2 rings (SSSR count). The summed E-state index contributed by atoms with van der Waals surface area (Å²) in [5.41, 5.74) is 9.31. The number of carbonyl (C=O) groups is 1. The second-order valence-corrected chi connectivity index (χ2v) is 4.79. The molecule has 0 radical (unpaired) electrons. The van der Waals surface area contributed by atoms with E-state index in [9.17, 15) is 4.79 Å². The van der Waals surface area contributed by atoms with Crippen molar-refractivity contribution in [1.82, 2.24) is 0 Å². The smallest absolute Gasteiger partial charge is 0.256 e. The molecular weight excluding hydrogens is 260 g/mol. The predicted octanol–water partition coefficient (Wildman–Crippen LogP) is 3.79. The average molecular weight is 275 g/mol. The zero-order chi connectivity index (χ0) is 14.0. The van der Waals surface area contributed by atoms with E-state index >= 15 is 0 Å². The molecule has 19 heavy (non-hydrogen) atoms. The van der Waals surface area contributed by atoms with Gasteiger partial charge in [0.05, 0.1) is 0 Å². The summed E-state index contributed by atoms with van der Waals surface area (Å²) in [6.07, 6.45) is 0. The van der Waals surface area contributed by atoms with E-state index in [1.807, 2.05) is 19.9 Å². The summed E-state index contributed by atoms with van der Waals surface area (Å²) >= 11 is 6.03. The molecule has 0 bridgehead atoms. The van der Waals surface area contributed by atoms with Gasteiger partial charge in [-0.2, -0.15) is 0 Å². The van der Waals surface area contributed by atoms with Crippen LogP contribution in [0.3, 0.4) is 0 Å². The number of rotatable bonds is 2. The second-order valence-electron chi connectivity index (χ2n) is 4.39. The number of nitrogens with one attached hydrogen (secondary N) is 1. The lowest BCUT2D eigenvalue weighted by molar-refractivity contribution is 0.102. The number of benzene rings is 2. The van der Waals surface area contributed by atoms with E-state index < -0.39 is 0 Å². The third-order valence-corrected chi connectivity index (χ3v) is 3.55. The molecule has 2 aromatic rings. The van der Waals surface area contributed by atoms with E-state index in [0.29, 0.717) is 22.0 Å². The fraction of sp³-hybridized carbons (Fsp3) is 0.133. The Labute approximate surface area is 117 Å². The highest BCUT2D eigenvalue weighted by molar-refractivity contribution is 6.31. The molecule has 0 unspecified atom stereocenters. The molecule has 0 fully saturated rings. The van der Waals surface area contributed by atoms with Gasteiger partial charge in [-0.25, -0.2) is 0 Å². The van der Waals surface area contributed by atoms with Crippen LogP contribution in [0.25, 0.3) is 0 Å². The molecular formula is C15H15ClN2O. The lowest BCUT2D eigenvalue weighted by Gasteiger charge is -2.11. The van der Waals surface area contributed by atoms with E-state index in [4.69, 9.17) is 17.3 Å². The normalized spacial score (nSPS) is 10.3. The number of anilines is 2. The van der Waals surface area contributed by atoms with Crippen molar-refractivity contribution in [3.63, 3.8) is 0 Å². The first kappa shape index (κ1) is 13.4. The Morgan fingerprint density at radius 3 is 2.53 bits per heavy atom. The van der Waals surface area contributed by atoms with Crippen LogP contribution in [-0.2, 0) is 0 Å². The molecule has 98 valence electrons. The fourth-order valence-electron chi connectivity index (χ4n) is 1.83. The van der Waals surface area contributed by atoms with Crippen LogP contribution < -0.4 is 11.1 Å². The number of hydrogen-bond donors (Lipinski definition) is 2. The number of carbonyl (C=O) groups excluding carboxylic acids is 1. The third-order valence-electron chi connectivity index (χ3n) is 3.14. The van der Waals surface area contributed by atoms with Crippen molar-refractivity contribution in [2.24, 2.45) is 0 Å². The Morgan fingerprint density at radius 2 is 1.79 bits per heavy atom. The largest absolute Gasteiger partial charge is 0.398 e. The van der Waals surface area contributed by atoms with Crippen LogP contribution in [0.1, 0.15) is 21.5 Å². The number of nitrogens with two attached hydrogens (primary N) is 1. The van der Waals surface area contributed by atoms with Crippen molar-refractivity contribution in [2.75, 3.05) is 11.1 Å². The summed E-state index contributed by atoms with van der Waals surface area (Å²) < 4.78 is 0. The Hall–Kier alpha value is -2.00. The Kier molecular flexibility index (Phi) is 3.76. The summed E-state index contributed by atoms with van der Waals surface area (Å²) in [5, 5.41) is 3.48. The summed E-state index contributed by atoms with van der Waals surface area (Å²) in [6, 6.07) is 10.7. The zero-order valence-electron chi connectivity index (χ0n) is 10.8. The molecule has 1 amide bonds. The first-order chi connectivity index (χ1) is 9.00. The van der Waals surface area contributed by atoms with Gasteiger partial charge in [0.1, 0.15) is 0 Å². The molecule has 0 heterocycles. The molecule has 0 aromatic heterocycles. The number of nitrogen functional groups attached to an aromatic ring is 1. The SMILES string of the molecule is Cc1c(Cl)cccc1NC(=O)c1cccc(N)c1C. The highest BCUT2D eigenvalue weighted by Crippen LogP contribution is 2.24. The van der Waals surface area contributed by atoms with Gasteiger partial charge in [0.25, 0.3) is 5.91 Å². The van der Waals surface area contributed by atoms with Crippen molar-refractivity contribution in [2.45, 2.75) is 13.8 Å². The highest BCUT2D eigenvalue weighted by atomic mass is 35.5. The monoisotopic (exact) mass is 274 g/mol. The van der Waals surface area contributed by atoms with Crippen LogP contribution in [0.15, 0.2) is 36.4 Å². The zero-order valence-corrected chi connectivity index (χ0v) is 11.6. The van der Waals surface area contributed by atoms with Crippen LogP contribution >= 0.6 is 11.6 Å². The van der Waals surface area contributed by atoms with Gasteiger partial charge >= 0.3 is 0 Å². The topological polar surface area (TPSA) is 55.1 Å². The molecule has 0 spiro atoms. The lowest BCUT2D eigenvalue weighted by Crippen LogP contribution is -2.14. The maximum absolute atomic E-state index is 12.2. The minimum absolute atomic E-state index is 0.185. The van der Waals surface area contributed by atoms with Crippen molar-refractivity contribution in [3.05, 3.63) is 58.1 Å². The van der Waals surface area contributed by atoms with Crippen LogP contribution in [0.5, 0.6) is 0 Å². The molecule has 0 atom stereocenters. The third kappa shape index (κ3) is 2.71. The first-order valence-electron chi connectivity index (χ1n) is 5.92. The van der Waals surface area contributed by atoms with Crippen LogP contribution in [0, 0.1) is 13.8 Å². The molecule has 0 saturated heterocycles. The van der Waals surface area contributed by atoms with E-state index in [-0.39, 0.29) is 5.91 Å². The summed E-state index contributed by atoms with van der Waals surface area (Å²) in [7, 11) is 0. The van der Waals surface area contributed by atoms with Crippen LogP contribution in [0.2, 0.25) is 5.02 Å². The van der Waals surface area contributed by atoms with Gasteiger partial charge in [0, 0.05) is 22.0 Å². The van der Waals surface area contributed by atoms with Crippen LogP contribution in [0.4, 0.5) is 11.4 Å². The molecule has 3 N–H and O–H groups in total. The Bertz CT molecular complexity index is 638. The minimum Gasteiger partial charge on any atom is -0.398 e. The molecule has 0 aliphatic carbocycles. The second kappa shape index (κ2) is 5.33. The van der Waals surface area contributed by atoms with Crippen molar-refractivity contribution >= 4 is 28.9 Å². The molecule has 0 aliphatic rings. The Morgan fingerprint density at radius 1 is 1.11 bits per heavy atom. The molecule has 0 aliphatic heterocycles. The van der Waals surface area contributed by atoms with E-state index in [1.165, 1.54) is 0 Å². The van der Waals surface area contributed by atoms with Gasteiger partial charge in [-0.15, -0.1) is 0 Å². The van der Waals surface area contributed by atoms with Crippen molar-refractivity contribution in [3.8, 4) is 0 Å². The van der Waals surface area contributed by atoms with E-state index in [0.717, 1.165) is 11.1 Å². The van der Waals surface area contributed by atoms with Crippen molar-refractivity contribution in [1.29, 1.82) is 0 Å². The van der Waals surface area contributed by atoms with Gasteiger partial charge in [-0.1, -0.05) is 23.7 Å². The molecule has 0 saturated carbocycles. The average Bonchev–Trinajstić information content (AvgIpc) is 2.38. The first-order valence-corrected chi connectivity index (χ1v) is 6.30. The van der Waals surface area contributed by atoms with E-state index in [2.05, 4.69) is 5.32 Å².